The van der Waals surface area contributed by atoms with Gasteiger partial charge in [0.15, 0.2) is 0 Å². The molecule has 36 heavy (non-hydrogen) atoms. The van der Waals surface area contributed by atoms with E-state index < -0.39 is 0 Å². The number of aromatic hydroxyl groups is 1. The summed E-state index contributed by atoms with van der Waals surface area (Å²) in [6.07, 6.45) is 4.82. The average molecular weight is 610 g/mol. The molecule has 1 aliphatic heterocycles. The van der Waals surface area contributed by atoms with E-state index in [0.29, 0.717) is 38.0 Å². The van der Waals surface area contributed by atoms with E-state index in [-0.39, 0.29) is 42.5 Å². The van der Waals surface area contributed by atoms with E-state index in [1.165, 1.54) is 12.8 Å². The Balaban J connectivity index is 1.31. The molecule has 1 aliphatic carbocycles. The molecule has 1 saturated carbocycles. The number of phenols is 1. The molecule has 2 aliphatic rings. The summed E-state index contributed by atoms with van der Waals surface area (Å²) in [7, 11) is 0. The Bertz CT molecular complexity index is 1050. The molecule has 1 aromatic carbocycles. The van der Waals surface area contributed by atoms with Gasteiger partial charge < -0.3 is 30.9 Å². The number of amides is 2. The minimum atomic E-state index is -0.386. The number of nitrogens with two attached hydrogens (primary N) is 1. The van der Waals surface area contributed by atoms with Gasteiger partial charge in [-0.25, -0.2) is 0 Å². The van der Waals surface area contributed by atoms with Crippen molar-refractivity contribution in [2.45, 2.75) is 70.0 Å². The second kappa shape index (κ2) is 12.4. The third-order valence-electron chi connectivity index (χ3n) is 6.83. The highest BCUT2D eigenvalue weighted by Crippen LogP contribution is 2.40. The number of phenolic OH excluding ortho intramolecular Hbond substituents is 1. The van der Waals surface area contributed by atoms with Crippen molar-refractivity contribution in [2.75, 3.05) is 19.6 Å². The summed E-state index contributed by atoms with van der Waals surface area (Å²) in [4.78, 5) is 27.6. The van der Waals surface area contributed by atoms with Gasteiger partial charge in [-0.15, -0.1) is 0 Å². The van der Waals surface area contributed by atoms with Crippen molar-refractivity contribution in [3.8, 4) is 5.75 Å². The summed E-state index contributed by atoms with van der Waals surface area (Å²) in [6.45, 7) is 4.05. The first-order valence-corrected chi connectivity index (χ1v) is 13.8. The molecule has 10 heteroatoms. The maximum absolute atomic E-state index is 13.5. The maximum Gasteiger partial charge on any atom is 0.227 e. The SMILES string of the molecule is C[C@@H](N)CC(=O)NC[C@H](Cc1ccc(O)c(I)c1)C(=O)N1CCC(NCc2cc(C3CC3)on2)CC1. The normalized spacial score (nSPS) is 18.1. The van der Waals surface area contributed by atoms with Crippen LogP contribution in [-0.4, -0.2) is 58.7 Å². The van der Waals surface area contributed by atoms with Crippen LogP contribution in [0.2, 0.25) is 0 Å². The fourth-order valence-electron chi connectivity index (χ4n) is 4.59. The number of hydrogen-bond acceptors (Lipinski definition) is 7. The highest BCUT2D eigenvalue weighted by Gasteiger charge is 2.30. The lowest BCUT2D eigenvalue weighted by Gasteiger charge is -2.34. The molecule has 0 unspecified atom stereocenters. The fourth-order valence-corrected chi connectivity index (χ4v) is 5.17. The first-order chi connectivity index (χ1) is 17.3. The zero-order valence-electron chi connectivity index (χ0n) is 20.7. The third kappa shape index (κ3) is 7.66. The topological polar surface area (TPSA) is 134 Å². The number of nitrogens with one attached hydrogen (secondary N) is 2. The van der Waals surface area contributed by atoms with Crippen molar-refractivity contribution < 1.29 is 19.2 Å². The molecule has 0 bridgehead atoms. The van der Waals surface area contributed by atoms with Crippen LogP contribution in [0.1, 0.15) is 62.0 Å². The summed E-state index contributed by atoms with van der Waals surface area (Å²) in [5.41, 5.74) is 7.63. The van der Waals surface area contributed by atoms with Crippen LogP contribution in [0.15, 0.2) is 28.8 Å². The summed E-state index contributed by atoms with van der Waals surface area (Å²) < 4.78 is 6.17. The molecule has 9 nitrogen and oxygen atoms in total. The average Bonchev–Trinajstić information content (AvgIpc) is 3.59. The predicted molar refractivity (Wildman–Crippen MR) is 144 cm³/mol. The van der Waals surface area contributed by atoms with Gasteiger partial charge in [-0.2, -0.15) is 0 Å². The van der Waals surface area contributed by atoms with E-state index in [1.807, 2.05) is 17.0 Å². The summed E-state index contributed by atoms with van der Waals surface area (Å²) in [6, 6.07) is 7.50. The van der Waals surface area contributed by atoms with Crippen LogP contribution >= 0.6 is 22.6 Å². The highest BCUT2D eigenvalue weighted by molar-refractivity contribution is 14.1. The summed E-state index contributed by atoms with van der Waals surface area (Å²) in [5, 5.41) is 20.5. The van der Waals surface area contributed by atoms with Crippen LogP contribution in [0.5, 0.6) is 5.75 Å². The van der Waals surface area contributed by atoms with Gasteiger partial charge in [-0.05, 0) is 79.3 Å². The second-order valence-corrected chi connectivity index (χ2v) is 11.3. The number of halogens is 1. The Morgan fingerprint density at radius 2 is 2.00 bits per heavy atom. The van der Waals surface area contributed by atoms with Crippen molar-refractivity contribution >= 4 is 34.4 Å². The van der Waals surface area contributed by atoms with Gasteiger partial charge in [0, 0.05) is 56.7 Å². The number of carbonyl (C=O) groups excluding carboxylic acids is 2. The van der Waals surface area contributed by atoms with E-state index in [2.05, 4.69) is 44.4 Å². The van der Waals surface area contributed by atoms with Gasteiger partial charge in [-0.3, -0.25) is 9.59 Å². The number of nitrogens with zero attached hydrogens (tertiary/aromatic N) is 2. The molecule has 1 saturated heterocycles. The molecule has 2 heterocycles. The lowest BCUT2D eigenvalue weighted by atomic mass is 9.95. The Hall–Kier alpha value is -2.18. The molecule has 2 fully saturated rings. The van der Waals surface area contributed by atoms with Crippen molar-refractivity contribution in [2.24, 2.45) is 11.7 Å². The van der Waals surface area contributed by atoms with E-state index in [9.17, 15) is 14.7 Å². The summed E-state index contributed by atoms with van der Waals surface area (Å²) in [5.74, 6) is 1.28. The molecular weight excluding hydrogens is 573 g/mol. The first-order valence-electron chi connectivity index (χ1n) is 12.8. The van der Waals surface area contributed by atoms with E-state index in [0.717, 1.165) is 33.4 Å². The minimum Gasteiger partial charge on any atom is -0.507 e. The van der Waals surface area contributed by atoms with Gasteiger partial charge in [0.2, 0.25) is 11.8 Å². The first kappa shape index (κ1) is 26.9. The Morgan fingerprint density at radius 1 is 1.25 bits per heavy atom. The van der Waals surface area contributed by atoms with Crippen LogP contribution in [0, 0.1) is 9.49 Å². The van der Waals surface area contributed by atoms with E-state index in [1.54, 1.807) is 13.0 Å². The van der Waals surface area contributed by atoms with Crippen LogP contribution < -0.4 is 16.4 Å². The molecule has 1 aromatic heterocycles. The number of likely N-dealkylation sites (tertiary alicyclic amines) is 1. The Kier molecular flexibility index (Phi) is 9.24. The van der Waals surface area contributed by atoms with Crippen LogP contribution in [-0.2, 0) is 22.6 Å². The second-order valence-electron chi connectivity index (χ2n) is 10.1. The predicted octanol–water partition coefficient (Wildman–Crippen LogP) is 2.66. The van der Waals surface area contributed by atoms with Gasteiger partial charge in [0.05, 0.1) is 15.2 Å². The number of carbonyl (C=O) groups is 2. The molecule has 2 aromatic rings. The molecule has 2 atom stereocenters. The Labute approximate surface area is 225 Å². The molecule has 2 amide bonds. The third-order valence-corrected chi connectivity index (χ3v) is 7.70. The lowest BCUT2D eigenvalue weighted by Crippen LogP contribution is -2.49. The standard InChI is InChI=1S/C26H36IN5O4/c1-16(28)10-25(34)30-14-19(11-17-2-5-23(33)22(27)12-17)26(35)32-8-6-20(7-9-32)29-15-21-13-24(36-31-21)18-3-4-18/h2,5,12-13,16,18-20,29,33H,3-4,6-11,14-15,28H2,1H3,(H,30,34)/t16-,19+/m1/s1. The van der Waals surface area contributed by atoms with Gasteiger partial charge in [-0.1, -0.05) is 11.2 Å². The van der Waals surface area contributed by atoms with Crippen LogP contribution in [0.4, 0.5) is 0 Å². The number of aromatic nitrogens is 1. The lowest BCUT2D eigenvalue weighted by molar-refractivity contribution is -0.136. The maximum atomic E-state index is 13.5. The zero-order valence-corrected chi connectivity index (χ0v) is 22.9. The van der Waals surface area contributed by atoms with Gasteiger partial charge >= 0.3 is 0 Å². The van der Waals surface area contributed by atoms with Crippen LogP contribution in [0.25, 0.3) is 0 Å². The van der Waals surface area contributed by atoms with Crippen LogP contribution in [0.3, 0.4) is 0 Å². The quantitative estimate of drug-likeness (QED) is 0.288. The molecule has 4 rings (SSSR count). The monoisotopic (exact) mass is 609 g/mol. The molecule has 0 spiro atoms. The van der Waals surface area contributed by atoms with Crippen molar-refractivity contribution in [3.63, 3.8) is 0 Å². The fraction of sp³-hybridized carbons (Fsp3) is 0.577. The molecule has 0 radical (unpaired) electrons. The number of benzene rings is 1. The summed E-state index contributed by atoms with van der Waals surface area (Å²) >= 11 is 2.08. The van der Waals surface area contributed by atoms with Crippen molar-refractivity contribution in [1.82, 2.24) is 20.7 Å². The Morgan fingerprint density at radius 3 is 2.67 bits per heavy atom. The van der Waals surface area contributed by atoms with Crippen molar-refractivity contribution in [3.05, 3.63) is 44.9 Å². The smallest absolute Gasteiger partial charge is 0.227 e. The zero-order chi connectivity index (χ0) is 25.7. The largest absolute Gasteiger partial charge is 0.507 e. The molecule has 196 valence electrons. The van der Waals surface area contributed by atoms with Crippen molar-refractivity contribution in [1.29, 1.82) is 0 Å². The highest BCUT2D eigenvalue weighted by atomic mass is 127. The number of hydrogen-bond donors (Lipinski definition) is 4. The van der Waals surface area contributed by atoms with Gasteiger partial charge in [0.1, 0.15) is 11.5 Å². The number of piperidine rings is 1. The molecular formula is C26H36IN5O4. The van der Waals surface area contributed by atoms with Gasteiger partial charge in [0.25, 0.3) is 0 Å². The van der Waals surface area contributed by atoms with E-state index in [4.69, 9.17) is 10.3 Å². The van der Waals surface area contributed by atoms with E-state index >= 15 is 0 Å². The molecule has 5 N–H and O–H groups in total. The minimum absolute atomic E-state index is 0.0446. The number of rotatable bonds is 11.